The minimum absolute atomic E-state index is 0.0428. The third-order valence-corrected chi connectivity index (χ3v) is 5.51. The van der Waals surface area contributed by atoms with E-state index in [-0.39, 0.29) is 23.4 Å². The summed E-state index contributed by atoms with van der Waals surface area (Å²) in [5.74, 6) is 0.437. The van der Waals surface area contributed by atoms with Crippen molar-refractivity contribution in [3.63, 3.8) is 0 Å². The number of hydrogen-bond acceptors (Lipinski definition) is 3. The Morgan fingerprint density at radius 1 is 1.11 bits per heavy atom. The summed E-state index contributed by atoms with van der Waals surface area (Å²) in [6.45, 7) is 8.56. The second-order valence-corrected chi connectivity index (χ2v) is 7.72. The van der Waals surface area contributed by atoms with Gasteiger partial charge in [-0.25, -0.2) is 4.98 Å². The fourth-order valence-corrected chi connectivity index (χ4v) is 4.20. The van der Waals surface area contributed by atoms with Gasteiger partial charge in [0.05, 0.1) is 16.8 Å². The second kappa shape index (κ2) is 6.89. The Balaban J connectivity index is 1.85. The standard InChI is InChI=1S/C23H25N3O2/c1-5-25-21(24-19-9-7-6-8-16(19)22(25)27)13-18-17-12-15(4)10-11-20(17)26(14(2)3)23(18)28/h6-12,14,18H,5,13H2,1-4H3/t18-/m0/s1. The molecule has 2 aromatic carbocycles. The molecule has 3 aromatic rings. The molecule has 5 nitrogen and oxygen atoms in total. The van der Waals surface area contributed by atoms with Crippen molar-refractivity contribution >= 4 is 22.5 Å². The molecule has 0 bridgehead atoms. The van der Waals surface area contributed by atoms with Gasteiger partial charge in [-0.3, -0.25) is 14.2 Å². The van der Waals surface area contributed by atoms with Gasteiger partial charge in [-0.15, -0.1) is 0 Å². The predicted octanol–water partition coefficient (Wildman–Crippen LogP) is 3.81. The molecule has 144 valence electrons. The highest BCUT2D eigenvalue weighted by molar-refractivity contribution is 6.05. The van der Waals surface area contributed by atoms with Crippen molar-refractivity contribution in [3.05, 3.63) is 69.8 Å². The number of aryl methyl sites for hydroxylation is 1. The molecule has 5 heteroatoms. The second-order valence-electron chi connectivity index (χ2n) is 7.72. The lowest BCUT2D eigenvalue weighted by molar-refractivity contribution is -0.119. The topological polar surface area (TPSA) is 55.2 Å². The van der Waals surface area contributed by atoms with Crippen LogP contribution in [-0.4, -0.2) is 21.5 Å². The van der Waals surface area contributed by atoms with Gasteiger partial charge >= 0.3 is 0 Å². The fourth-order valence-electron chi connectivity index (χ4n) is 4.20. The maximum absolute atomic E-state index is 13.3. The summed E-state index contributed by atoms with van der Waals surface area (Å²) in [7, 11) is 0. The minimum Gasteiger partial charge on any atom is -0.309 e. The molecule has 0 fully saturated rings. The summed E-state index contributed by atoms with van der Waals surface area (Å²) in [6.07, 6.45) is 0.423. The average molecular weight is 375 g/mol. The van der Waals surface area contributed by atoms with Gasteiger partial charge in [0, 0.05) is 24.7 Å². The minimum atomic E-state index is -0.317. The Bertz CT molecular complexity index is 1130. The highest BCUT2D eigenvalue weighted by atomic mass is 16.2. The summed E-state index contributed by atoms with van der Waals surface area (Å²) in [4.78, 5) is 32.8. The Morgan fingerprint density at radius 2 is 1.86 bits per heavy atom. The zero-order valence-electron chi connectivity index (χ0n) is 16.8. The first-order valence-electron chi connectivity index (χ1n) is 9.84. The van der Waals surface area contributed by atoms with Crippen LogP contribution in [0.1, 0.15) is 43.6 Å². The van der Waals surface area contributed by atoms with Gasteiger partial charge in [-0.1, -0.05) is 29.8 Å². The molecule has 1 aromatic heterocycles. The first kappa shape index (κ1) is 18.4. The van der Waals surface area contributed by atoms with Crippen molar-refractivity contribution in [2.45, 2.75) is 52.6 Å². The number of rotatable bonds is 4. The van der Waals surface area contributed by atoms with Crippen LogP contribution in [0.3, 0.4) is 0 Å². The van der Waals surface area contributed by atoms with E-state index in [1.165, 1.54) is 0 Å². The van der Waals surface area contributed by atoms with Gasteiger partial charge in [-0.2, -0.15) is 0 Å². The van der Waals surface area contributed by atoms with Crippen LogP contribution in [-0.2, 0) is 17.8 Å². The molecular formula is C23H25N3O2. The van der Waals surface area contributed by atoms with Crippen molar-refractivity contribution in [1.29, 1.82) is 0 Å². The Morgan fingerprint density at radius 3 is 2.57 bits per heavy atom. The smallest absolute Gasteiger partial charge is 0.261 e. The number of carbonyl (C=O) groups excluding carboxylic acids is 1. The molecule has 1 amide bonds. The molecule has 1 aliphatic heterocycles. The molecule has 1 atom stereocenters. The molecule has 0 radical (unpaired) electrons. The van der Waals surface area contributed by atoms with Crippen LogP contribution >= 0.6 is 0 Å². The number of nitrogens with zero attached hydrogens (tertiary/aromatic N) is 3. The molecule has 1 aliphatic rings. The summed E-state index contributed by atoms with van der Waals surface area (Å²) in [6, 6.07) is 13.6. The summed E-state index contributed by atoms with van der Waals surface area (Å²) in [5.41, 5.74) is 3.77. The molecule has 0 unspecified atom stereocenters. The number of benzene rings is 2. The summed E-state index contributed by atoms with van der Waals surface area (Å²) < 4.78 is 1.70. The quantitative estimate of drug-likeness (QED) is 0.697. The first-order chi connectivity index (χ1) is 13.4. The van der Waals surface area contributed by atoms with Gasteiger partial charge in [0.15, 0.2) is 0 Å². The van der Waals surface area contributed by atoms with Gasteiger partial charge in [0.25, 0.3) is 5.56 Å². The molecule has 0 saturated heterocycles. The lowest BCUT2D eigenvalue weighted by Crippen LogP contribution is -2.36. The Kier molecular flexibility index (Phi) is 4.53. The van der Waals surface area contributed by atoms with E-state index in [1.807, 2.05) is 62.9 Å². The normalized spacial score (nSPS) is 16.2. The van der Waals surface area contributed by atoms with E-state index in [0.717, 1.165) is 16.8 Å². The Hall–Kier alpha value is -2.95. The number of anilines is 1. The van der Waals surface area contributed by atoms with Crippen LogP contribution in [0, 0.1) is 6.92 Å². The van der Waals surface area contributed by atoms with E-state index in [0.29, 0.717) is 29.7 Å². The number of fused-ring (bicyclic) bond motifs is 2. The number of para-hydroxylation sites is 1. The van der Waals surface area contributed by atoms with Crippen molar-refractivity contribution in [2.24, 2.45) is 0 Å². The largest absolute Gasteiger partial charge is 0.309 e. The van der Waals surface area contributed by atoms with E-state index < -0.39 is 0 Å². The fraction of sp³-hybridized carbons (Fsp3) is 0.348. The average Bonchev–Trinajstić information content (AvgIpc) is 2.93. The van der Waals surface area contributed by atoms with Crippen molar-refractivity contribution in [1.82, 2.24) is 9.55 Å². The van der Waals surface area contributed by atoms with E-state index in [4.69, 9.17) is 4.98 Å². The third-order valence-electron chi connectivity index (χ3n) is 5.51. The molecule has 28 heavy (non-hydrogen) atoms. The van der Waals surface area contributed by atoms with Crippen molar-refractivity contribution in [2.75, 3.05) is 4.90 Å². The summed E-state index contributed by atoms with van der Waals surface area (Å²) in [5, 5.41) is 0.617. The number of hydrogen-bond donors (Lipinski definition) is 0. The van der Waals surface area contributed by atoms with Crippen LogP contribution in [0.2, 0.25) is 0 Å². The predicted molar refractivity (Wildman–Crippen MR) is 112 cm³/mol. The van der Waals surface area contributed by atoms with E-state index in [1.54, 1.807) is 10.6 Å². The van der Waals surface area contributed by atoms with Gasteiger partial charge < -0.3 is 4.90 Å². The third kappa shape index (κ3) is 2.82. The van der Waals surface area contributed by atoms with Gasteiger partial charge in [-0.05, 0) is 51.5 Å². The van der Waals surface area contributed by atoms with E-state index in [2.05, 4.69) is 6.07 Å². The van der Waals surface area contributed by atoms with Gasteiger partial charge in [0.1, 0.15) is 5.82 Å². The number of carbonyl (C=O) groups is 1. The Labute approximate surface area is 164 Å². The van der Waals surface area contributed by atoms with E-state index in [9.17, 15) is 9.59 Å². The van der Waals surface area contributed by atoms with Gasteiger partial charge in [0.2, 0.25) is 5.91 Å². The molecule has 0 saturated carbocycles. The highest BCUT2D eigenvalue weighted by Crippen LogP contribution is 2.40. The first-order valence-corrected chi connectivity index (χ1v) is 9.84. The van der Waals surface area contributed by atoms with Crippen LogP contribution < -0.4 is 10.5 Å². The molecular weight excluding hydrogens is 350 g/mol. The van der Waals surface area contributed by atoms with Crippen molar-refractivity contribution in [3.8, 4) is 0 Å². The maximum Gasteiger partial charge on any atom is 0.261 e. The van der Waals surface area contributed by atoms with Crippen LogP contribution in [0.5, 0.6) is 0 Å². The lowest BCUT2D eigenvalue weighted by Gasteiger charge is -2.22. The SMILES string of the molecule is CCn1c(C[C@@H]2C(=O)N(C(C)C)c3ccc(C)cc32)nc2ccccc2c1=O. The molecule has 0 N–H and O–H groups in total. The molecule has 0 spiro atoms. The van der Waals surface area contributed by atoms with Crippen molar-refractivity contribution < 1.29 is 4.79 Å². The van der Waals surface area contributed by atoms with Crippen LogP contribution in [0.25, 0.3) is 10.9 Å². The monoisotopic (exact) mass is 375 g/mol. The molecule has 2 heterocycles. The van der Waals surface area contributed by atoms with Crippen LogP contribution in [0.4, 0.5) is 5.69 Å². The van der Waals surface area contributed by atoms with E-state index >= 15 is 0 Å². The molecule has 4 rings (SSSR count). The lowest BCUT2D eigenvalue weighted by atomic mass is 9.95. The highest BCUT2D eigenvalue weighted by Gasteiger charge is 2.39. The number of amides is 1. The number of aromatic nitrogens is 2. The zero-order valence-corrected chi connectivity index (χ0v) is 16.8. The maximum atomic E-state index is 13.3. The van der Waals surface area contributed by atoms with Crippen LogP contribution in [0.15, 0.2) is 47.3 Å². The molecule has 0 aliphatic carbocycles. The summed E-state index contributed by atoms with van der Waals surface area (Å²) >= 11 is 0. The zero-order chi connectivity index (χ0) is 20.0.